The molecule has 13 rings (SSSR count). The number of aromatic nitrogens is 1. The molecule has 0 unspecified atom stereocenters. The smallest absolute Gasteiger partial charge is 0.213 e. The Hall–Kier alpha value is -8.66. The van der Waals surface area contributed by atoms with Gasteiger partial charge in [0.15, 0.2) is 5.58 Å². The molecular weight excluding hydrogens is 789 g/mol. The van der Waals surface area contributed by atoms with Gasteiger partial charge in [-0.2, -0.15) is 0 Å². The molecule has 0 aliphatic heterocycles. The van der Waals surface area contributed by atoms with Crippen LogP contribution in [0, 0.1) is 0 Å². The lowest BCUT2D eigenvalue weighted by Crippen LogP contribution is -2.10. The number of rotatable bonds is 7. The minimum absolute atomic E-state index is 0.855. The third-order valence-corrected chi connectivity index (χ3v) is 13.1. The highest BCUT2D eigenvalue weighted by Gasteiger charge is 2.21. The van der Waals surface area contributed by atoms with Gasteiger partial charge in [-0.05, 0) is 132 Å². The average Bonchev–Trinajstić information content (AvgIpc) is 3.91. The average molecular weight is 829 g/mol. The molecule has 0 radical (unpaired) electrons. The first-order chi connectivity index (χ1) is 32.2. The number of hydrogen-bond donors (Lipinski definition) is 0. The summed E-state index contributed by atoms with van der Waals surface area (Å²) < 4.78 is 9.07. The van der Waals surface area contributed by atoms with E-state index in [4.69, 9.17) is 4.42 Å². The topological polar surface area (TPSA) is 20.8 Å². The summed E-state index contributed by atoms with van der Waals surface area (Å²) in [4.78, 5) is 2.42. The van der Waals surface area contributed by atoms with E-state index in [1.54, 1.807) is 0 Å². The molecule has 304 valence electrons. The van der Waals surface area contributed by atoms with Crippen molar-refractivity contribution < 1.29 is 4.42 Å². The van der Waals surface area contributed by atoms with Crippen molar-refractivity contribution in [3.05, 3.63) is 243 Å². The summed E-state index contributed by atoms with van der Waals surface area (Å²) in [6.07, 6.45) is 0. The van der Waals surface area contributed by atoms with Crippen molar-refractivity contribution in [2.45, 2.75) is 0 Å². The van der Waals surface area contributed by atoms with E-state index in [9.17, 15) is 0 Å². The monoisotopic (exact) mass is 828 g/mol. The van der Waals surface area contributed by atoms with Gasteiger partial charge in [0.1, 0.15) is 0 Å². The van der Waals surface area contributed by atoms with E-state index < -0.39 is 0 Å². The first-order valence-electron chi connectivity index (χ1n) is 22.2. The maximum atomic E-state index is 6.81. The summed E-state index contributed by atoms with van der Waals surface area (Å²) in [5.41, 5.74) is 16.3. The molecule has 3 heteroatoms. The lowest BCUT2D eigenvalue weighted by Gasteiger charge is -2.28. The number of oxazole rings is 1. The van der Waals surface area contributed by atoms with Crippen LogP contribution in [0.15, 0.2) is 247 Å². The Morgan fingerprint density at radius 2 is 0.754 bits per heavy atom. The fourth-order valence-corrected chi connectivity index (χ4v) is 10.1. The van der Waals surface area contributed by atoms with Crippen LogP contribution in [0.2, 0.25) is 0 Å². The molecule has 0 aliphatic rings. The minimum atomic E-state index is 0.855. The molecule has 65 heavy (non-hydrogen) atoms. The highest BCUT2D eigenvalue weighted by Crippen LogP contribution is 2.44. The molecule has 2 aromatic heterocycles. The minimum Gasteiger partial charge on any atom is -0.438 e. The second-order valence-corrected chi connectivity index (χ2v) is 16.9. The Labute approximate surface area is 376 Å². The normalized spacial score (nSPS) is 11.7. The number of nitrogens with zero attached hydrogens (tertiary/aromatic N) is 2. The Morgan fingerprint density at radius 3 is 1.37 bits per heavy atom. The zero-order valence-corrected chi connectivity index (χ0v) is 35.4. The van der Waals surface area contributed by atoms with Crippen LogP contribution in [0.4, 0.5) is 17.1 Å². The molecule has 0 aliphatic carbocycles. The Morgan fingerprint density at radius 1 is 0.277 bits per heavy atom. The number of anilines is 3. The van der Waals surface area contributed by atoms with Gasteiger partial charge in [-0.1, -0.05) is 182 Å². The van der Waals surface area contributed by atoms with Gasteiger partial charge in [0.2, 0.25) is 5.71 Å². The van der Waals surface area contributed by atoms with E-state index in [0.717, 1.165) is 72.8 Å². The van der Waals surface area contributed by atoms with Crippen LogP contribution in [0.1, 0.15) is 0 Å². The Bertz CT molecular complexity index is 3830. The molecular formula is C62H40N2O. The third kappa shape index (κ3) is 6.12. The van der Waals surface area contributed by atoms with Crippen molar-refractivity contribution in [1.82, 2.24) is 4.40 Å². The van der Waals surface area contributed by atoms with Crippen molar-refractivity contribution in [3.63, 3.8) is 0 Å². The van der Waals surface area contributed by atoms with Gasteiger partial charge in [0.05, 0.1) is 16.6 Å². The molecule has 3 nitrogen and oxygen atoms in total. The molecule has 0 amide bonds. The Balaban J connectivity index is 0.985. The molecule has 0 atom stereocenters. The maximum Gasteiger partial charge on any atom is 0.213 e. The van der Waals surface area contributed by atoms with E-state index in [1.165, 1.54) is 48.8 Å². The first kappa shape index (κ1) is 36.9. The zero-order valence-electron chi connectivity index (χ0n) is 35.4. The molecule has 0 fully saturated rings. The van der Waals surface area contributed by atoms with Crippen LogP contribution in [0.3, 0.4) is 0 Å². The molecule has 11 aromatic carbocycles. The number of hydrogen-bond acceptors (Lipinski definition) is 2. The molecule has 2 heterocycles. The largest absolute Gasteiger partial charge is 0.438 e. The van der Waals surface area contributed by atoms with E-state index in [0.29, 0.717) is 0 Å². The summed E-state index contributed by atoms with van der Waals surface area (Å²) in [5.74, 6) is 0. The fourth-order valence-electron chi connectivity index (χ4n) is 10.1. The van der Waals surface area contributed by atoms with Crippen molar-refractivity contribution in [3.8, 4) is 44.5 Å². The van der Waals surface area contributed by atoms with E-state index in [-0.39, 0.29) is 0 Å². The van der Waals surface area contributed by atoms with Gasteiger partial charge < -0.3 is 9.32 Å². The van der Waals surface area contributed by atoms with Crippen molar-refractivity contribution in [2.24, 2.45) is 0 Å². The Kier molecular flexibility index (Phi) is 8.53. The van der Waals surface area contributed by atoms with Gasteiger partial charge >= 0.3 is 0 Å². The number of benzene rings is 11. The number of para-hydroxylation sites is 1. The molecule has 0 saturated carbocycles. The van der Waals surface area contributed by atoms with E-state index in [2.05, 4.69) is 252 Å². The highest BCUT2D eigenvalue weighted by atomic mass is 16.3. The lowest BCUT2D eigenvalue weighted by molar-refractivity contribution is 0.658. The fraction of sp³-hybridized carbons (Fsp3) is 0. The predicted octanol–water partition coefficient (Wildman–Crippen LogP) is 17.4. The summed E-state index contributed by atoms with van der Waals surface area (Å²) in [7, 11) is 0. The molecule has 0 N–H and O–H groups in total. The van der Waals surface area contributed by atoms with E-state index in [1.807, 2.05) is 0 Å². The summed E-state index contributed by atoms with van der Waals surface area (Å²) >= 11 is 0. The zero-order chi connectivity index (χ0) is 42.8. The number of fused-ring (bicyclic) bond motifs is 11. The molecule has 13 aromatic rings. The first-order valence-corrected chi connectivity index (χ1v) is 22.2. The van der Waals surface area contributed by atoms with Crippen LogP contribution in [-0.4, -0.2) is 4.40 Å². The third-order valence-electron chi connectivity index (χ3n) is 13.1. The quantitative estimate of drug-likeness (QED) is 0.149. The summed E-state index contributed by atoms with van der Waals surface area (Å²) in [6.45, 7) is 0. The highest BCUT2D eigenvalue weighted by molar-refractivity contribution is 6.26. The van der Waals surface area contributed by atoms with Crippen molar-refractivity contribution in [1.29, 1.82) is 0 Å². The van der Waals surface area contributed by atoms with Crippen LogP contribution >= 0.6 is 0 Å². The van der Waals surface area contributed by atoms with Gasteiger partial charge in [-0.3, -0.25) is 4.40 Å². The lowest BCUT2D eigenvalue weighted by atomic mass is 9.93. The van der Waals surface area contributed by atoms with Crippen LogP contribution in [0.5, 0.6) is 0 Å². The predicted molar refractivity (Wildman–Crippen MR) is 274 cm³/mol. The van der Waals surface area contributed by atoms with Gasteiger partial charge in [-0.25, -0.2) is 0 Å². The molecule has 0 saturated heterocycles. The summed E-state index contributed by atoms with van der Waals surface area (Å²) in [5, 5.41) is 8.70. The standard InChI is InChI=1S/C62H40N2O/c1-4-16-41(17-5-1)46-36-47(42-18-6-2-7-19-42)38-50(37-46)63(49-33-34-55-53-24-11-10-22-51(53)52-23-12-13-25-54(52)57(55)40-49)48-31-28-43(29-32-48)45-30-35-59-60(39-45)65-62-61(44-20-8-3-9-21-44)56-26-14-15-27-58(56)64(59)62/h1-40H. The summed E-state index contributed by atoms with van der Waals surface area (Å²) in [6, 6.07) is 87.7. The van der Waals surface area contributed by atoms with E-state index >= 15 is 0 Å². The van der Waals surface area contributed by atoms with Gasteiger partial charge in [0, 0.05) is 22.4 Å². The van der Waals surface area contributed by atoms with Crippen molar-refractivity contribution in [2.75, 3.05) is 4.90 Å². The van der Waals surface area contributed by atoms with Gasteiger partial charge in [-0.15, -0.1) is 0 Å². The SMILES string of the molecule is c1ccc(-c2cc(-c3ccccc3)cc(N(c3ccc(-c4ccc5c(c4)oc4c(-c6ccccc6)c6ccccc6n45)cc3)c3ccc4c5ccccc5c5ccccc5c4c3)c2)cc1. The van der Waals surface area contributed by atoms with Crippen molar-refractivity contribution >= 4 is 77.1 Å². The maximum absolute atomic E-state index is 6.81. The molecule has 0 spiro atoms. The van der Waals surface area contributed by atoms with Crippen LogP contribution in [-0.2, 0) is 0 Å². The van der Waals surface area contributed by atoms with Crippen LogP contribution in [0.25, 0.3) is 105 Å². The van der Waals surface area contributed by atoms with Crippen LogP contribution < -0.4 is 4.90 Å². The second-order valence-electron chi connectivity index (χ2n) is 16.9. The molecule has 0 bridgehead atoms. The second kappa shape index (κ2) is 15.0. The van der Waals surface area contributed by atoms with Gasteiger partial charge in [0.25, 0.3) is 0 Å².